The lowest BCUT2D eigenvalue weighted by atomic mass is 10.0. The van der Waals surface area contributed by atoms with Gasteiger partial charge in [-0.25, -0.2) is 23.1 Å². The summed E-state index contributed by atoms with van der Waals surface area (Å²) in [4.78, 5) is 25.3. The molecule has 0 fully saturated rings. The molecule has 4 rings (SSSR count). The van der Waals surface area contributed by atoms with Gasteiger partial charge in [0.2, 0.25) is 0 Å². The summed E-state index contributed by atoms with van der Waals surface area (Å²) in [5, 5.41) is 3.59. The van der Waals surface area contributed by atoms with E-state index in [0.29, 0.717) is 28.0 Å². The molecular formula is C22H18F3N5O. The minimum atomic E-state index is -2.91. The number of pyridine rings is 2. The van der Waals surface area contributed by atoms with Gasteiger partial charge < -0.3 is 5.32 Å². The van der Waals surface area contributed by atoms with Crippen molar-refractivity contribution >= 4 is 16.9 Å². The Hall–Kier alpha value is -3.75. The molecule has 0 spiro atoms. The lowest BCUT2D eigenvalue weighted by molar-refractivity contribution is 0.146. The summed E-state index contributed by atoms with van der Waals surface area (Å²) < 4.78 is 42.1. The number of nitrogens with one attached hydrogen (secondary N) is 1. The highest BCUT2D eigenvalue weighted by molar-refractivity contribution is 5.90. The van der Waals surface area contributed by atoms with Crippen molar-refractivity contribution in [2.75, 3.05) is 5.32 Å². The maximum atomic E-state index is 14.6. The molecule has 0 aliphatic heterocycles. The summed E-state index contributed by atoms with van der Waals surface area (Å²) in [5.74, 6) is -0.612. The molecule has 1 atom stereocenters. The van der Waals surface area contributed by atoms with Gasteiger partial charge in [-0.3, -0.25) is 14.3 Å². The fourth-order valence-electron chi connectivity index (χ4n) is 3.47. The Balaban J connectivity index is 1.81. The van der Waals surface area contributed by atoms with Crippen molar-refractivity contribution in [3.8, 4) is 11.1 Å². The van der Waals surface area contributed by atoms with Crippen molar-refractivity contribution < 1.29 is 13.2 Å². The predicted octanol–water partition coefficient (Wildman–Crippen LogP) is 4.64. The zero-order valence-electron chi connectivity index (χ0n) is 16.7. The molecule has 158 valence electrons. The van der Waals surface area contributed by atoms with Gasteiger partial charge in [-0.2, -0.15) is 0 Å². The third kappa shape index (κ3) is 3.74. The summed E-state index contributed by atoms with van der Waals surface area (Å²) in [6.07, 6.45) is 1.55. The number of rotatable bonds is 5. The second-order valence-electron chi connectivity index (χ2n) is 7.04. The number of halogens is 3. The third-order valence-corrected chi connectivity index (χ3v) is 5.09. The summed E-state index contributed by atoms with van der Waals surface area (Å²) >= 11 is 0. The lowest BCUT2D eigenvalue weighted by Crippen LogP contribution is -2.20. The molecule has 3 aromatic heterocycles. The van der Waals surface area contributed by atoms with Crippen molar-refractivity contribution in [3.63, 3.8) is 0 Å². The van der Waals surface area contributed by atoms with E-state index in [9.17, 15) is 18.0 Å². The number of alkyl halides is 2. The normalized spacial score (nSPS) is 12.3. The van der Waals surface area contributed by atoms with Crippen molar-refractivity contribution in [3.05, 3.63) is 82.4 Å². The van der Waals surface area contributed by atoms with Crippen LogP contribution in [0.2, 0.25) is 0 Å². The maximum absolute atomic E-state index is 14.6. The van der Waals surface area contributed by atoms with Crippen molar-refractivity contribution in [2.24, 2.45) is 7.05 Å². The lowest BCUT2D eigenvalue weighted by Gasteiger charge is -2.19. The van der Waals surface area contributed by atoms with Crippen LogP contribution in [0.5, 0.6) is 0 Å². The molecule has 0 saturated carbocycles. The van der Waals surface area contributed by atoms with Crippen LogP contribution in [-0.4, -0.2) is 19.5 Å². The topological polar surface area (TPSA) is 72.7 Å². The Labute approximate surface area is 175 Å². The van der Waals surface area contributed by atoms with Crippen LogP contribution in [0.3, 0.4) is 0 Å². The van der Waals surface area contributed by atoms with E-state index in [1.54, 1.807) is 44.6 Å². The Bertz CT molecular complexity index is 1310. The van der Waals surface area contributed by atoms with Gasteiger partial charge in [-0.15, -0.1) is 0 Å². The third-order valence-electron chi connectivity index (χ3n) is 5.09. The number of hydrogen-bond acceptors (Lipinski definition) is 5. The van der Waals surface area contributed by atoms with Gasteiger partial charge in [0, 0.05) is 36.1 Å². The monoisotopic (exact) mass is 425 g/mol. The molecule has 4 aromatic rings. The van der Waals surface area contributed by atoms with Gasteiger partial charge >= 0.3 is 0 Å². The molecule has 31 heavy (non-hydrogen) atoms. The predicted molar refractivity (Wildman–Crippen MR) is 111 cm³/mol. The molecule has 0 aliphatic carbocycles. The zero-order chi connectivity index (χ0) is 22.1. The highest BCUT2D eigenvalue weighted by Gasteiger charge is 2.21. The van der Waals surface area contributed by atoms with E-state index in [2.05, 4.69) is 20.3 Å². The number of aryl methyl sites for hydroxylation is 1. The standard InChI is InChI=1S/C22H18F3N5O/c1-12(14-6-3-7-15(18(14)23)19(24)25)29-20-17-9-16(13-5-4-8-26-10-13)22(31)30(2)21(17)28-11-27-20/h3-12,19H,1-2H3,(H,27,28,29)/t12-/m1/s1. The first kappa shape index (κ1) is 20.5. The Morgan fingerprint density at radius 2 is 1.87 bits per heavy atom. The van der Waals surface area contributed by atoms with E-state index < -0.39 is 23.8 Å². The summed E-state index contributed by atoms with van der Waals surface area (Å²) in [6, 6.07) is 8.36. The van der Waals surface area contributed by atoms with Crippen LogP contribution >= 0.6 is 0 Å². The van der Waals surface area contributed by atoms with Gasteiger partial charge in [0.05, 0.1) is 17.0 Å². The molecule has 0 saturated heterocycles. The molecule has 0 unspecified atom stereocenters. The summed E-state index contributed by atoms with van der Waals surface area (Å²) in [7, 11) is 1.59. The number of hydrogen-bond donors (Lipinski definition) is 1. The van der Waals surface area contributed by atoms with E-state index >= 15 is 0 Å². The minimum absolute atomic E-state index is 0.0851. The van der Waals surface area contributed by atoms with Crippen molar-refractivity contribution in [1.29, 1.82) is 0 Å². The SMILES string of the molecule is C[C@@H](Nc1ncnc2c1cc(-c1cccnc1)c(=O)n2C)c1cccc(C(F)F)c1F. The van der Waals surface area contributed by atoms with E-state index in [1.165, 1.54) is 23.0 Å². The van der Waals surface area contributed by atoms with Crippen LogP contribution in [0.4, 0.5) is 19.0 Å². The average Bonchev–Trinajstić information content (AvgIpc) is 2.77. The van der Waals surface area contributed by atoms with Crippen LogP contribution in [0, 0.1) is 5.82 Å². The van der Waals surface area contributed by atoms with Crippen molar-refractivity contribution in [2.45, 2.75) is 19.4 Å². The maximum Gasteiger partial charge on any atom is 0.266 e. The molecule has 1 aromatic carbocycles. The molecule has 0 aliphatic rings. The average molecular weight is 425 g/mol. The molecule has 9 heteroatoms. The fourth-order valence-corrected chi connectivity index (χ4v) is 3.47. The van der Waals surface area contributed by atoms with E-state index in [-0.39, 0.29) is 11.1 Å². The van der Waals surface area contributed by atoms with Crippen LogP contribution in [0.1, 0.15) is 30.5 Å². The first-order valence-corrected chi connectivity index (χ1v) is 9.46. The number of fused-ring (bicyclic) bond motifs is 1. The Kier molecular flexibility index (Phi) is 5.41. The van der Waals surface area contributed by atoms with Gasteiger partial charge in [0.1, 0.15) is 23.6 Å². The molecule has 1 N–H and O–H groups in total. The van der Waals surface area contributed by atoms with Crippen molar-refractivity contribution in [1.82, 2.24) is 19.5 Å². The highest BCUT2D eigenvalue weighted by Crippen LogP contribution is 2.30. The first-order valence-electron chi connectivity index (χ1n) is 9.46. The number of nitrogens with zero attached hydrogens (tertiary/aromatic N) is 4. The van der Waals surface area contributed by atoms with Crippen LogP contribution in [-0.2, 0) is 7.05 Å². The van der Waals surface area contributed by atoms with Gasteiger partial charge in [-0.1, -0.05) is 24.3 Å². The van der Waals surface area contributed by atoms with Gasteiger partial charge in [0.25, 0.3) is 12.0 Å². The molecule has 0 amide bonds. The first-order chi connectivity index (χ1) is 14.9. The molecule has 0 bridgehead atoms. The van der Waals surface area contributed by atoms with Crippen LogP contribution in [0.25, 0.3) is 22.2 Å². The highest BCUT2D eigenvalue weighted by atomic mass is 19.3. The second kappa shape index (κ2) is 8.17. The van der Waals surface area contributed by atoms with E-state index in [0.717, 1.165) is 6.07 Å². The summed E-state index contributed by atoms with van der Waals surface area (Å²) in [5.41, 5.74) is 0.586. The molecule has 0 radical (unpaired) electrons. The largest absolute Gasteiger partial charge is 0.363 e. The van der Waals surface area contributed by atoms with E-state index in [4.69, 9.17) is 0 Å². The summed E-state index contributed by atoms with van der Waals surface area (Å²) in [6.45, 7) is 1.64. The van der Waals surface area contributed by atoms with Crippen LogP contribution < -0.4 is 10.9 Å². The molecule has 6 nitrogen and oxygen atoms in total. The van der Waals surface area contributed by atoms with Gasteiger partial charge in [0.15, 0.2) is 0 Å². The number of anilines is 1. The Morgan fingerprint density at radius 1 is 1.10 bits per heavy atom. The molecular weight excluding hydrogens is 407 g/mol. The van der Waals surface area contributed by atoms with E-state index in [1.807, 2.05) is 0 Å². The smallest absolute Gasteiger partial charge is 0.266 e. The minimum Gasteiger partial charge on any atom is -0.363 e. The number of benzene rings is 1. The number of aromatic nitrogens is 4. The van der Waals surface area contributed by atoms with Crippen LogP contribution in [0.15, 0.2) is 59.9 Å². The zero-order valence-corrected chi connectivity index (χ0v) is 16.7. The quantitative estimate of drug-likeness (QED) is 0.504. The second-order valence-corrected chi connectivity index (χ2v) is 7.04. The fraction of sp³-hybridized carbons (Fsp3) is 0.182. The van der Waals surface area contributed by atoms with Gasteiger partial charge in [-0.05, 0) is 19.1 Å². The Morgan fingerprint density at radius 3 is 2.58 bits per heavy atom. The molecule has 3 heterocycles.